The van der Waals surface area contributed by atoms with Crippen LogP contribution < -0.4 is 10.8 Å². The smallest absolute Gasteiger partial charge is 0.278 e. The SMILES string of the molecule is CCCC[C@@H](C(=O)N1CCCC1C(=O)NCC(O)CC)[C@H](F)C(=O)NO. The van der Waals surface area contributed by atoms with Gasteiger partial charge in [0.2, 0.25) is 11.8 Å². The van der Waals surface area contributed by atoms with Crippen LogP contribution in [0.25, 0.3) is 0 Å². The van der Waals surface area contributed by atoms with Crippen molar-refractivity contribution >= 4 is 17.7 Å². The molecule has 8 nitrogen and oxygen atoms in total. The largest absolute Gasteiger partial charge is 0.391 e. The quantitative estimate of drug-likeness (QED) is 0.328. The lowest BCUT2D eigenvalue weighted by Crippen LogP contribution is -2.51. The number of nitrogens with one attached hydrogen (secondary N) is 2. The number of likely N-dealkylation sites (tertiary alicyclic amines) is 1. The van der Waals surface area contributed by atoms with E-state index in [1.54, 1.807) is 6.92 Å². The summed E-state index contributed by atoms with van der Waals surface area (Å²) >= 11 is 0. The molecule has 0 aliphatic carbocycles. The van der Waals surface area contributed by atoms with Gasteiger partial charge in [-0.05, 0) is 25.7 Å². The number of hydrogen-bond donors (Lipinski definition) is 4. The first-order chi connectivity index (χ1) is 12.4. The Labute approximate surface area is 153 Å². The molecule has 0 aromatic heterocycles. The summed E-state index contributed by atoms with van der Waals surface area (Å²) in [6, 6.07) is -0.736. The summed E-state index contributed by atoms with van der Waals surface area (Å²) in [4.78, 5) is 37.9. The van der Waals surface area contributed by atoms with Gasteiger partial charge in [0.25, 0.3) is 5.91 Å². The Kier molecular flexibility index (Phi) is 9.50. The zero-order valence-corrected chi connectivity index (χ0v) is 15.4. The average molecular weight is 375 g/mol. The van der Waals surface area contributed by atoms with Crippen LogP contribution in [0, 0.1) is 5.92 Å². The summed E-state index contributed by atoms with van der Waals surface area (Å²) in [7, 11) is 0. The first kappa shape index (κ1) is 22.3. The lowest BCUT2D eigenvalue weighted by atomic mass is 9.94. The number of aliphatic hydroxyl groups excluding tert-OH is 1. The number of carbonyl (C=O) groups is 3. The number of halogens is 1. The van der Waals surface area contributed by atoms with Gasteiger partial charge in [0.1, 0.15) is 6.04 Å². The maximum atomic E-state index is 14.4. The van der Waals surface area contributed by atoms with Gasteiger partial charge in [-0.3, -0.25) is 19.6 Å². The maximum absolute atomic E-state index is 14.4. The molecule has 1 aliphatic heterocycles. The van der Waals surface area contributed by atoms with Crippen molar-refractivity contribution in [1.82, 2.24) is 15.7 Å². The second kappa shape index (κ2) is 11.1. The van der Waals surface area contributed by atoms with Crippen LogP contribution in [0.5, 0.6) is 0 Å². The lowest BCUT2D eigenvalue weighted by molar-refractivity contribution is -0.149. The van der Waals surface area contributed by atoms with Crippen molar-refractivity contribution in [2.45, 2.75) is 70.7 Å². The number of alkyl halides is 1. The fourth-order valence-electron chi connectivity index (χ4n) is 3.06. The minimum absolute atomic E-state index is 0.0891. The molecule has 1 aliphatic rings. The molecule has 26 heavy (non-hydrogen) atoms. The summed E-state index contributed by atoms with van der Waals surface area (Å²) in [5.41, 5.74) is 1.25. The highest BCUT2D eigenvalue weighted by molar-refractivity contribution is 5.92. The third-order valence-electron chi connectivity index (χ3n) is 4.72. The van der Waals surface area contributed by atoms with Crippen LogP contribution in [-0.2, 0) is 14.4 Å². The highest BCUT2D eigenvalue weighted by atomic mass is 19.1. The molecule has 4 N–H and O–H groups in total. The Bertz CT molecular complexity index is 491. The van der Waals surface area contributed by atoms with Gasteiger partial charge in [0.15, 0.2) is 6.17 Å². The van der Waals surface area contributed by atoms with E-state index in [0.717, 1.165) is 6.42 Å². The van der Waals surface area contributed by atoms with Crippen LogP contribution >= 0.6 is 0 Å². The van der Waals surface area contributed by atoms with Crippen LogP contribution in [0.3, 0.4) is 0 Å². The first-order valence-corrected chi connectivity index (χ1v) is 9.21. The lowest BCUT2D eigenvalue weighted by Gasteiger charge is -2.29. The van der Waals surface area contributed by atoms with Gasteiger partial charge in [0.05, 0.1) is 12.0 Å². The van der Waals surface area contributed by atoms with Crippen molar-refractivity contribution in [3.05, 3.63) is 0 Å². The van der Waals surface area contributed by atoms with Gasteiger partial charge in [-0.2, -0.15) is 0 Å². The Morgan fingerprint density at radius 2 is 2.00 bits per heavy atom. The minimum Gasteiger partial charge on any atom is -0.391 e. The molecule has 1 rings (SSSR count). The highest BCUT2D eigenvalue weighted by Gasteiger charge is 2.41. The molecule has 150 valence electrons. The molecule has 0 radical (unpaired) electrons. The van der Waals surface area contributed by atoms with Gasteiger partial charge in [-0.1, -0.05) is 26.7 Å². The summed E-state index contributed by atoms with van der Waals surface area (Å²) in [6.45, 7) is 4.06. The molecule has 0 aromatic rings. The first-order valence-electron chi connectivity index (χ1n) is 9.21. The van der Waals surface area contributed by atoms with Crippen LogP contribution in [0.4, 0.5) is 4.39 Å². The molecular formula is C17H30FN3O5. The van der Waals surface area contributed by atoms with E-state index in [2.05, 4.69) is 5.32 Å². The van der Waals surface area contributed by atoms with E-state index >= 15 is 0 Å². The summed E-state index contributed by atoms with van der Waals surface area (Å²) in [5.74, 6) is -3.48. The van der Waals surface area contributed by atoms with Gasteiger partial charge in [-0.25, -0.2) is 9.87 Å². The van der Waals surface area contributed by atoms with E-state index in [-0.39, 0.29) is 18.9 Å². The second-order valence-electron chi connectivity index (χ2n) is 6.62. The summed E-state index contributed by atoms with van der Waals surface area (Å²) < 4.78 is 14.4. The van der Waals surface area contributed by atoms with Gasteiger partial charge in [-0.15, -0.1) is 0 Å². The monoisotopic (exact) mass is 375 g/mol. The number of rotatable bonds is 10. The molecular weight excluding hydrogens is 345 g/mol. The average Bonchev–Trinajstić information content (AvgIpc) is 3.14. The molecule has 0 bridgehead atoms. The topological polar surface area (TPSA) is 119 Å². The number of amides is 3. The molecule has 1 heterocycles. The zero-order chi connectivity index (χ0) is 19.7. The van der Waals surface area contributed by atoms with E-state index in [4.69, 9.17) is 5.21 Å². The van der Waals surface area contributed by atoms with Crippen LogP contribution in [-0.4, -0.2) is 64.3 Å². The van der Waals surface area contributed by atoms with E-state index in [0.29, 0.717) is 32.2 Å². The molecule has 0 spiro atoms. The minimum atomic E-state index is -2.18. The number of aliphatic hydroxyl groups is 1. The molecule has 0 saturated carbocycles. The van der Waals surface area contributed by atoms with Gasteiger partial charge < -0.3 is 15.3 Å². The van der Waals surface area contributed by atoms with Crippen molar-refractivity contribution in [2.75, 3.05) is 13.1 Å². The van der Waals surface area contributed by atoms with E-state index in [9.17, 15) is 23.9 Å². The standard InChI is InChI=1S/C17H30FN3O5/c1-3-5-7-12(14(18)16(24)20-26)17(25)21-9-6-8-13(21)15(23)19-10-11(22)4-2/h11-14,22,26H,3-10H2,1-2H3,(H,19,23)(H,20,24)/t11?,12-,13?,14+/m1/s1. The van der Waals surface area contributed by atoms with Crippen LogP contribution in [0.15, 0.2) is 0 Å². The Morgan fingerprint density at radius 1 is 1.31 bits per heavy atom. The Balaban J connectivity index is 2.84. The fraction of sp³-hybridized carbons (Fsp3) is 0.824. The molecule has 0 aromatic carbocycles. The van der Waals surface area contributed by atoms with Crippen molar-refractivity contribution in [3.63, 3.8) is 0 Å². The number of carbonyl (C=O) groups excluding carboxylic acids is 3. The van der Waals surface area contributed by atoms with Crippen molar-refractivity contribution in [2.24, 2.45) is 5.92 Å². The summed E-state index contributed by atoms with van der Waals surface area (Å²) in [6.07, 6.45) is 0.123. The van der Waals surface area contributed by atoms with E-state index in [1.165, 1.54) is 10.4 Å². The van der Waals surface area contributed by atoms with Crippen molar-refractivity contribution in [3.8, 4) is 0 Å². The van der Waals surface area contributed by atoms with E-state index in [1.807, 2.05) is 6.92 Å². The van der Waals surface area contributed by atoms with Crippen molar-refractivity contribution in [1.29, 1.82) is 0 Å². The molecule has 1 saturated heterocycles. The molecule has 1 fully saturated rings. The summed E-state index contributed by atoms with van der Waals surface area (Å²) in [5, 5.41) is 20.8. The normalized spacial score (nSPS) is 20.3. The highest BCUT2D eigenvalue weighted by Crippen LogP contribution is 2.25. The Morgan fingerprint density at radius 3 is 2.58 bits per heavy atom. The second-order valence-corrected chi connectivity index (χ2v) is 6.62. The molecule has 4 atom stereocenters. The molecule has 3 amide bonds. The third kappa shape index (κ3) is 5.91. The van der Waals surface area contributed by atoms with Gasteiger partial charge >= 0.3 is 0 Å². The molecule has 2 unspecified atom stereocenters. The Hall–Kier alpha value is -1.74. The van der Waals surface area contributed by atoms with Crippen molar-refractivity contribution < 1.29 is 29.1 Å². The number of hydroxylamine groups is 1. The third-order valence-corrected chi connectivity index (χ3v) is 4.72. The predicted molar refractivity (Wildman–Crippen MR) is 91.9 cm³/mol. The van der Waals surface area contributed by atoms with Crippen LogP contribution in [0.2, 0.25) is 0 Å². The predicted octanol–water partition coefficient (Wildman–Crippen LogP) is 0.514. The number of unbranched alkanes of at least 4 members (excludes halogenated alkanes) is 1. The molecule has 9 heteroatoms. The number of nitrogens with zero attached hydrogens (tertiary/aromatic N) is 1. The van der Waals surface area contributed by atoms with E-state index < -0.39 is 36.0 Å². The van der Waals surface area contributed by atoms with Crippen LogP contribution in [0.1, 0.15) is 52.4 Å². The van der Waals surface area contributed by atoms with Gasteiger partial charge in [0, 0.05) is 13.1 Å². The number of hydrogen-bond acceptors (Lipinski definition) is 5. The maximum Gasteiger partial charge on any atom is 0.278 e. The zero-order valence-electron chi connectivity index (χ0n) is 15.4. The fourth-order valence-corrected chi connectivity index (χ4v) is 3.06.